The van der Waals surface area contributed by atoms with E-state index in [1.807, 2.05) is 97.4 Å². The number of methoxy groups -OCH3 is 1. The summed E-state index contributed by atoms with van der Waals surface area (Å²) >= 11 is 4.94. The number of rotatable bonds is 9. The lowest BCUT2D eigenvalue weighted by molar-refractivity contribution is 0.0691. The maximum atomic E-state index is 14.3. The highest BCUT2D eigenvalue weighted by Gasteiger charge is 2.35. The van der Waals surface area contributed by atoms with Crippen LogP contribution in [0.2, 0.25) is 0 Å². The number of amides is 1. The van der Waals surface area contributed by atoms with Crippen LogP contribution < -0.4 is 20.7 Å². The first-order chi connectivity index (χ1) is 27.8. The average Bonchev–Trinajstić information content (AvgIpc) is 3.89. The Balaban J connectivity index is 0.966. The minimum absolute atomic E-state index is 0.0662. The van der Waals surface area contributed by atoms with Crippen LogP contribution in [0.1, 0.15) is 75.1 Å². The molecule has 2 fully saturated rings. The average molecular weight is 818 g/mol. The Morgan fingerprint density at radius 2 is 1.72 bits per heavy atom. The molecule has 0 saturated carbocycles. The Morgan fingerprint density at radius 3 is 2.44 bits per heavy atom. The summed E-state index contributed by atoms with van der Waals surface area (Å²) in [6.07, 6.45) is 3.82. The molecule has 3 aliphatic heterocycles. The molecule has 0 bridgehead atoms. The summed E-state index contributed by atoms with van der Waals surface area (Å²) in [7, 11) is 1.66. The third-order valence-electron chi connectivity index (χ3n) is 11.3. The van der Waals surface area contributed by atoms with Crippen molar-refractivity contribution in [2.45, 2.75) is 57.7 Å². The molecule has 57 heavy (non-hydrogen) atoms. The number of piperidine rings is 1. The van der Waals surface area contributed by atoms with Gasteiger partial charge in [0.25, 0.3) is 11.5 Å². The highest BCUT2D eigenvalue weighted by atomic mass is 32.2. The number of carbonyl (C=O) groups excluding carboxylic acids is 1. The largest absolute Gasteiger partial charge is 0.493 e. The van der Waals surface area contributed by atoms with Crippen molar-refractivity contribution in [1.82, 2.24) is 19.0 Å². The number of carbonyl (C=O) groups is 1. The van der Waals surface area contributed by atoms with Crippen LogP contribution >= 0.6 is 34.4 Å². The SMILES string of the molecule is CCOc1cc2c(cc1OC)C(c1ccc(C(=O)N3CCC(n4c(=O)c5sc(-c6ccccc6)cc5n(Cc5ncc(C)s5)c4=O)CC3)cc1)=N[C@@H]1CCSC[C@H]21. The van der Waals surface area contributed by atoms with E-state index in [2.05, 4.69) is 17.1 Å². The fourth-order valence-corrected chi connectivity index (χ4v) is 11.5. The van der Waals surface area contributed by atoms with Gasteiger partial charge in [0.1, 0.15) is 9.71 Å². The fourth-order valence-electron chi connectivity index (χ4n) is 8.43. The first-order valence-corrected chi connectivity index (χ1v) is 22.3. The van der Waals surface area contributed by atoms with Gasteiger partial charge in [-0.15, -0.1) is 22.7 Å². The van der Waals surface area contributed by atoms with Gasteiger partial charge in [-0.25, -0.2) is 9.78 Å². The lowest BCUT2D eigenvalue weighted by atomic mass is 9.81. The summed E-state index contributed by atoms with van der Waals surface area (Å²) in [4.78, 5) is 56.1. The number of fused-ring (bicyclic) bond motifs is 4. The third-order valence-corrected chi connectivity index (χ3v) is 14.5. The number of aromatic nitrogens is 3. The smallest absolute Gasteiger partial charge is 0.332 e. The minimum atomic E-state index is -0.338. The number of thiazole rings is 1. The monoisotopic (exact) mass is 817 g/mol. The Labute approximate surface area is 342 Å². The number of hydrogen-bond donors (Lipinski definition) is 0. The number of hydrogen-bond acceptors (Lipinski definition) is 10. The highest BCUT2D eigenvalue weighted by molar-refractivity contribution is 7.99. The van der Waals surface area contributed by atoms with Crippen LogP contribution in [0.3, 0.4) is 0 Å². The summed E-state index contributed by atoms with van der Waals surface area (Å²) in [5, 5.41) is 0.812. The topological polar surface area (TPSA) is 108 Å². The lowest BCUT2D eigenvalue weighted by Gasteiger charge is -2.35. The molecular formula is C44H43N5O5S3. The van der Waals surface area contributed by atoms with Crippen molar-refractivity contribution < 1.29 is 14.3 Å². The molecule has 2 saturated heterocycles. The molecule has 2 atom stereocenters. The van der Waals surface area contributed by atoms with E-state index < -0.39 is 0 Å². The molecule has 6 aromatic rings. The van der Waals surface area contributed by atoms with E-state index >= 15 is 0 Å². The van der Waals surface area contributed by atoms with Crippen LogP contribution in [-0.2, 0) is 6.54 Å². The third kappa shape index (κ3) is 7.03. The first-order valence-electron chi connectivity index (χ1n) is 19.5. The predicted molar refractivity (Wildman–Crippen MR) is 231 cm³/mol. The molecular weight excluding hydrogens is 775 g/mol. The normalized spacial score (nSPS) is 18.2. The Kier molecular flexibility index (Phi) is 10.4. The Morgan fingerprint density at radius 1 is 0.930 bits per heavy atom. The number of thiophene rings is 1. The van der Waals surface area contributed by atoms with Gasteiger partial charge in [0, 0.05) is 63.4 Å². The van der Waals surface area contributed by atoms with E-state index in [1.165, 1.54) is 21.5 Å². The van der Waals surface area contributed by atoms with Crippen LogP contribution in [-0.4, -0.2) is 75.0 Å². The van der Waals surface area contributed by atoms with Crippen molar-refractivity contribution in [3.05, 3.63) is 132 Å². The molecule has 6 heterocycles. The van der Waals surface area contributed by atoms with Gasteiger partial charge in [0.15, 0.2) is 11.5 Å². The predicted octanol–water partition coefficient (Wildman–Crippen LogP) is 8.03. The molecule has 3 aliphatic rings. The zero-order valence-electron chi connectivity index (χ0n) is 32.1. The van der Waals surface area contributed by atoms with Crippen molar-refractivity contribution in [3.63, 3.8) is 0 Å². The number of likely N-dealkylation sites (tertiary alicyclic amines) is 1. The van der Waals surface area contributed by atoms with Crippen molar-refractivity contribution in [2.75, 3.05) is 38.3 Å². The van der Waals surface area contributed by atoms with Gasteiger partial charge in [-0.05, 0) is 80.3 Å². The van der Waals surface area contributed by atoms with Gasteiger partial charge >= 0.3 is 5.69 Å². The van der Waals surface area contributed by atoms with Crippen LogP contribution in [0.5, 0.6) is 11.5 Å². The van der Waals surface area contributed by atoms with Gasteiger partial charge in [0.2, 0.25) is 0 Å². The maximum absolute atomic E-state index is 14.3. The number of nitrogens with zero attached hydrogens (tertiary/aromatic N) is 5. The van der Waals surface area contributed by atoms with Crippen LogP contribution in [0.25, 0.3) is 20.7 Å². The second-order valence-corrected chi connectivity index (χ2v) is 18.3. The fraction of sp³-hybridized carbons (Fsp3) is 0.341. The van der Waals surface area contributed by atoms with E-state index in [0.29, 0.717) is 60.0 Å². The van der Waals surface area contributed by atoms with E-state index in [4.69, 9.17) is 14.5 Å². The highest BCUT2D eigenvalue weighted by Crippen LogP contribution is 2.44. The van der Waals surface area contributed by atoms with Gasteiger partial charge in [-0.1, -0.05) is 42.5 Å². The van der Waals surface area contributed by atoms with Crippen LogP contribution in [0.4, 0.5) is 0 Å². The Bertz CT molecular complexity index is 2620. The van der Waals surface area contributed by atoms with Crippen LogP contribution in [0.15, 0.2) is 93.6 Å². The molecule has 0 aliphatic carbocycles. The van der Waals surface area contributed by atoms with Gasteiger partial charge in [0.05, 0.1) is 37.5 Å². The molecule has 3 aromatic heterocycles. The second kappa shape index (κ2) is 15.8. The zero-order valence-corrected chi connectivity index (χ0v) is 34.6. The summed E-state index contributed by atoms with van der Waals surface area (Å²) in [5.41, 5.74) is 5.77. The molecule has 0 spiro atoms. The number of aliphatic imine (C=N–C) groups is 1. The van der Waals surface area contributed by atoms with Crippen molar-refractivity contribution in [1.29, 1.82) is 0 Å². The number of ether oxygens (including phenoxy) is 2. The van der Waals surface area contributed by atoms with E-state index in [0.717, 1.165) is 60.8 Å². The summed E-state index contributed by atoms with van der Waals surface area (Å²) < 4.78 is 15.4. The van der Waals surface area contributed by atoms with Crippen molar-refractivity contribution in [2.24, 2.45) is 4.99 Å². The molecule has 13 heteroatoms. The molecule has 0 unspecified atom stereocenters. The number of thioether (sulfide) groups is 1. The van der Waals surface area contributed by atoms with Crippen LogP contribution in [0, 0.1) is 6.92 Å². The lowest BCUT2D eigenvalue weighted by Crippen LogP contribution is -2.46. The maximum Gasteiger partial charge on any atom is 0.332 e. The molecule has 9 rings (SSSR count). The Hall–Kier alpha value is -4.98. The molecule has 3 aromatic carbocycles. The van der Waals surface area contributed by atoms with Gasteiger partial charge in [-0.3, -0.25) is 23.7 Å². The van der Waals surface area contributed by atoms with Crippen molar-refractivity contribution in [3.8, 4) is 21.9 Å². The quantitative estimate of drug-likeness (QED) is 0.146. The van der Waals surface area contributed by atoms with Gasteiger partial charge < -0.3 is 14.4 Å². The van der Waals surface area contributed by atoms with E-state index in [1.54, 1.807) is 23.0 Å². The minimum Gasteiger partial charge on any atom is -0.493 e. The summed E-state index contributed by atoms with van der Waals surface area (Å²) in [5.74, 6) is 3.79. The zero-order chi connectivity index (χ0) is 39.2. The molecule has 292 valence electrons. The van der Waals surface area contributed by atoms with E-state index in [9.17, 15) is 14.4 Å². The van der Waals surface area contributed by atoms with Gasteiger partial charge in [-0.2, -0.15) is 11.8 Å². The van der Waals surface area contributed by atoms with Crippen molar-refractivity contribution >= 4 is 56.3 Å². The number of benzene rings is 3. The second-order valence-electron chi connectivity index (χ2n) is 14.7. The summed E-state index contributed by atoms with van der Waals surface area (Å²) in [6, 6.07) is 23.7. The molecule has 1 amide bonds. The summed E-state index contributed by atoms with van der Waals surface area (Å²) in [6.45, 7) is 5.68. The standard InChI is InChI=1S/C44H43N5O5S3/c1-4-54-37-20-31-32(21-36(37)53-3)40(46-34-16-19-55-25-33(31)34)28-10-12-29(13-11-28)42(50)47-17-14-30(15-18-47)49-43(51)41-35(22-38(57-41)27-8-6-5-7-9-27)48(44(49)52)24-39-45-23-26(2)56-39/h5-13,20-23,30,33-34H,4,14-19,24-25H2,1-3H3/t33-,34-/m1/s1. The van der Waals surface area contributed by atoms with E-state index in [-0.39, 0.29) is 35.8 Å². The molecule has 0 radical (unpaired) electrons. The molecule has 0 N–H and O–H groups in total. The molecule has 10 nitrogen and oxygen atoms in total. The first kappa shape index (κ1) is 37.6. The number of aryl methyl sites for hydroxylation is 1.